The van der Waals surface area contributed by atoms with E-state index in [1.165, 1.54) is 40.8 Å². The van der Waals surface area contributed by atoms with E-state index in [0.717, 1.165) is 36.1 Å². The zero-order valence-electron chi connectivity index (χ0n) is 24.5. The summed E-state index contributed by atoms with van der Waals surface area (Å²) in [5.41, 5.74) is 1.74. The summed E-state index contributed by atoms with van der Waals surface area (Å²) in [5.74, 6) is -0.160. The zero-order chi connectivity index (χ0) is 30.5. The number of nitrogens with one attached hydrogen (secondary N) is 2. The Bertz CT molecular complexity index is 1380. The fraction of sp³-hybridized carbons (Fsp3) is 0.375. The molecule has 4 rings (SSSR count). The fourth-order valence-electron chi connectivity index (χ4n) is 4.79. The van der Waals surface area contributed by atoms with Crippen molar-refractivity contribution in [2.45, 2.75) is 26.2 Å². The van der Waals surface area contributed by atoms with Crippen molar-refractivity contribution in [3.8, 4) is 6.07 Å². The first-order valence-corrected chi connectivity index (χ1v) is 15.2. The van der Waals surface area contributed by atoms with Crippen molar-refractivity contribution in [3.05, 3.63) is 78.0 Å². The number of carbonyl (C=O) groups is 3. The van der Waals surface area contributed by atoms with E-state index in [-0.39, 0.29) is 29.0 Å². The van der Waals surface area contributed by atoms with Crippen LogP contribution in [0.4, 0.5) is 5.69 Å². The Kier molecular flexibility index (Phi) is 12.7. The summed E-state index contributed by atoms with van der Waals surface area (Å²) in [7, 11) is 1.60. The van der Waals surface area contributed by atoms with E-state index in [0.29, 0.717) is 30.2 Å². The molecule has 0 atom stereocenters. The van der Waals surface area contributed by atoms with Gasteiger partial charge < -0.3 is 25.3 Å². The maximum Gasteiger partial charge on any atom is 0.267 e. The molecule has 2 saturated heterocycles. The molecule has 0 unspecified atom stereocenters. The smallest absolute Gasteiger partial charge is 0.267 e. The Morgan fingerprint density at radius 1 is 1.12 bits per heavy atom. The molecule has 0 spiro atoms. The Morgan fingerprint density at radius 3 is 2.50 bits per heavy atom. The second-order valence-corrected chi connectivity index (χ2v) is 10.9. The molecule has 2 heterocycles. The highest BCUT2D eigenvalue weighted by Crippen LogP contribution is 2.31. The Labute approximate surface area is 252 Å². The molecule has 2 N–H and O–H groups in total. The van der Waals surface area contributed by atoms with Gasteiger partial charge in [0.15, 0.2) is 0 Å². The third kappa shape index (κ3) is 8.71. The van der Waals surface area contributed by atoms with Crippen molar-refractivity contribution < 1.29 is 14.4 Å². The molecule has 0 radical (unpaired) electrons. The Balaban J connectivity index is 0.000000241. The van der Waals surface area contributed by atoms with Crippen LogP contribution in [0, 0.1) is 11.3 Å². The summed E-state index contributed by atoms with van der Waals surface area (Å²) >= 11 is 1.24. The van der Waals surface area contributed by atoms with Crippen molar-refractivity contribution in [1.29, 1.82) is 5.26 Å². The first-order valence-electron chi connectivity index (χ1n) is 14.2. The van der Waals surface area contributed by atoms with Gasteiger partial charge in [-0.05, 0) is 74.1 Å². The van der Waals surface area contributed by atoms with Gasteiger partial charge in [0.2, 0.25) is 5.91 Å². The van der Waals surface area contributed by atoms with Gasteiger partial charge in [-0.2, -0.15) is 5.26 Å². The molecule has 0 saturated carbocycles. The van der Waals surface area contributed by atoms with Gasteiger partial charge in [0.05, 0.1) is 5.75 Å². The van der Waals surface area contributed by atoms with E-state index in [1.54, 1.807) is 19.3 Å². The van der Waals surface area contributed by atoms with Crippen LogP contribution in [-0.2, 0) is 9.59 Å². The second-order valence-electron chi connectivity index (χ2n) is 9.98. The van der Waals surface area contributed by atoms with Gasteiger partial charge in [0.25, 0.3) is 11.8 Å². The third-order valence-electron chi connectivity index (χ3n) is 7.02. The van der Waals surface area contributed by atoms with Crippen LogP contribution < -0.4 is 10.6 Å². The number of benzene rings is 2. The largest absolute Gasteiger partial charge is 0.362 e. The van der Waals surface area contributed by atoms with E-state index in [4.69, 9.17) is 5.26 Å². The highest BCUT2D eigenvalue weighted by Gasteiger charge is 2.31. The van der Waals surface area contributed by atoms with Crippen LogP contribution in [0.2, 0.25) is 0 Å². The molecule has 9 nitrogen and oxygen atoms in total. The number of carbonyl (C=O) groups excluding carboxylic acids is 3. The van der Waals surface area contributed by atoms with Crippen molar-refractivity contribution in [2.75, 3.05) is 57.4 Å². The lowest BCUT2D eigenvalue weighted by Gasteiger charge is -2.26. The quantitative estimate of drug-likeness (QED) is 0.238. The first kappa shape index (κ1) is 32.4. The van der Waals surface area contributed by atoms with Crippen LogP contribution in [0.1, 0.15) is 36.5 Å². The van der Waals surface area contributed by atoms with E-state index in [9.17, 15) is 14.4 Å². The summed E-state index contributed by atoms with van der Waals surface area (Å²) in [5, 5.41) is 17.9. The number of likely N-dealkylation sites (N-methyl/N-ethyl adjacent to an activating group) is 1. The van der Waals surface area contributed by atoms with Gasteiger partial charge in [-0.25, -0.2) is 0 Å². The number of likely N-dealkylation sites (tertiary alicyclic amines) is 1. The van der Waals surface area contributed by atoms with Gasteiger partial charge in [-0.1, -0.05) is 43.0 Å². The average molecular weight is 589 g/mol. The van der Waals surface area contributed by atoms with Gasteiger partial charge in [0, 0.05) is 44.5 Å². The van der Waals surface area contributed by atoms with Crippen molar-refractivity contribution in [1.82, 2.24) is 20.0 Å². The lowest BCUT2D eigenvalue weighted by Crippen LogP contribution is -2.37. The minimum atomic E-state index is -0.381. The number of fused-ring (bicyclic) bond motifs is 1. The molecule has 2 aliphatic heterocycles. The van der Waals surface area contributed by atoms with Crippen molar-refractivity contribution >= 4 is 45.9 Å². The normalized spacial score (nSPS) is 16.1. The van der Waals surface area contributed by atoms with Crippen LogP contribution in [0.5, 0.6) is 0 Å². The number of hydrogen-bond donors (Lipinski definition) is 2. The lowest BCUT2D eigenvalue weighted by atomic mass is 10.1. The van der Waals surface area contributed by atoms with Crippen LogP contribution >= 0.6 is 11.8 Å². The predicted molar refractivity (Wildman–Crippen MR) is 171 cm³/mol. The molecule has 0 aromatic heterocycles. The molecule has 42 heavy (non-hydrogen) atoms. The molecule has 10 heteroatoms. The molecular formula is C32H40N6O3S. The number of rotatable bonds is 10. The van der Waals surface area contributed by atoms with E-state index < -0.39 is 0 Å². The van der Waals surface area contributed by atoms with Gasteiger partial charge in [-0.3, -0.25) is 14.4 Å². The maximum atomic E-state index is 12.3. The first-order chi connectivity index (χ1) is 20.3. The number of nitrogens with zero attached hydrogens (tertiary/aromatic N) is 4. The average Bonchev–Trinajstić information content (AvgIpc) is 3.38. The highest BCUT2D eigenvalue weighted by atomic mass is 32.2. The molecule has 2 aromatic carbocycles. The van der Waals surface area contributed by atoms with Crippen LogP contribution in [0.3, 0.4) is 0 Å². The molecule has 222 valence electrons. The van der Waals surface area contributed by atoms with Crippen molar-refractivity contribution in [2.24, 2.45) is 0 Å². The molecule has 3 amide bonds. The number of hydrogen-bond acceptors (Lipinski definition) is 7. The summed E-state index contributed by atoms with van der Waals surface area (Å²) in [4.78, 5) is 41.3. The molecule has 0 aliphatic carbocycles. The third-order valence-corrected chi connectivity index (χ3v) is 8.11. The standard InChI is InChI=1S/C20H25N3O.C12H15N3O2S/c1-2-21-19-9-8-16-14-18(7-6-17(16)15-19)20(24)22-10-13-23-11-4-3-5-12-23;1-4-6-14(3)11(17)9(7-13)12-15(5-2)10(16)8-18-12/h2,6-9,14-15,21H,1,3-5,10-13H2,(H,22,24);4H,1,5-6,8H2,2-3H3/b;12-9-. The molecule has 2 aromatic rings. The van der Waals surface area contributed by atoms with Crippen LogP contribution in [0.15, 0.2) is 72.4 Å². The number of anilines is 1. The maximum absolute atomic E-state index is 12.3. The zero-order valence-corrected chi connectivity index (χ0v) is 25.3. The topological polar surface area (TPSA) is 109 Å². The monoisotopic (exact) mass is 588 g/mol. The molecule has 2 fully saturated rings. The van der Waals surface area contributed by atoms with Crippen LogP contribution in [0.25, 0.3) is 10.8 Å². The Morgan fingerprint density at radius 2 is 1.83 bits per heavy atom. The molecule has 0 bridgehead atoms. The summed E-state index contributed by atoms with van der Waals surface area (Å²) in [6, 6.07) is 13.8. The summed E-state index contributed by atoms with van der Waals surface area (Å²) in [6.07, 6.45) is 7.14. The van der Waals surface area contributed by atoms with E-state index in [2.05, 4.69) is 34.8 Å². The van der Waals surface area contributed by atoms with Crippen molar-refractivity contribution in [3.63, 3.8) is 0 Å². The van der Waals surface area contributed by atoms with Gasteiger partial charge in [-0.15, -0.1) is 6.58 Å². The van der Waals surface area contributed by atoms with Crippen LogP contribution in [-0.4, -0.2) is 84.5 Å². The minimum absolute atomic E-state index is 0.00204. The number of thioether (sulfide) groups is 1. The van der Waals surface area contributed by atoms with E-state index in [1.807, 2.05) is 43.3 Å². The highest BCUT2D eigenvalue weighted by molar-refractivity contribution is 8.04. The second kappa shape index (κ2) is 16.4. The predicted octanol–water partition coefficient (Wildman–Crippen LogP) is 4.57. The van der Waals surface area contributed by atoms with E-state index >= 15 is 0 Å². The Hall–Kier alpha value is -4.07. The van der Waals surface area contributed by atoms with Gasteiger partial charge in [0.1, 0.15) is 16.7 Å². The minimum Gasteiger partial charge on any atom is -0.362 e. The molecule has 2 aliphatic rings. The lowest BCUT2D eigenvalue weighted by molar-refractivity contribution is -0.125. The SMILES string of the molecule is C=CCN(C)C(=O)/C(C#N)=C1\SCC(=O)N1CC.C=CNc1ccc2cc(C(=O)NCCN3CCCCC3)ccc2c1. The summed E-state index contributed by atoms with van der Waals surface area (Å²) < 4.78 is 0. The van der Waals surface area contributed by atoms with Gasteiger partial charge >= 0.3 is 0 Å². The fourth-order valence-corrected chi connectivity index (χ4v) is 5.87. The number of nitriles is 1. The number of piperidine rings is 1. The molecular weight excluding hydrogens is 548 g/mol. The number of amides is 3. The summed E-state index contributed by atoms with van der Waals surface area (Å²) in [6.45, 7) is 13.8.